The van der Waals surface area contributed by atoms with Gasteiger partial charge >= 0.3 is 6.03 Å². The number of rotatable bonds is 14. The molecule has 1 saturated heterocycles. The molecule has 1 heterocycles. The second-order valence-electron chi connectivity index (χ2n) is 15.7. The maximum absolute atomic E-state index is 14.4. The maximum atomic E-state index is 14.4. The number of carbonyl (C=O) groups is 6. The molecular weight excluding hydrogens is 648 g/mol. The zero-order chi connectivity index (χ0) is 37.9. The van der Waals surface area contributed by atoms with E-state index in [0.29, 0.717) is 6.42 Å². The third-order valence-corrected chi connectivity index (χ3v) is 9.69. The first-order chi connectivity index (χ1) is 23.0. The maximum Gasteiger partial charge on any atom is 0.316 e. The molecule has 0 spiro atoms. The summed E-state index contributed by atoms with van der Waals surface area (Å²) in [4.78, 5) is 81.2. The Balaban J connectivity index is 1.88. The molecule has 5 amide bonds. The van der Waals surface area contributed by atoms with E-state index in [1.807, 2.05) is 0 Å². The number of benzene rings is 1. The predicted octanol–water partition coefficient (Wildman–Crippen LogP) is 3.94. The van der Waals surface area contributed by atoms with Crippen LogP contribution >= 0.6 is 0 Å². The summed E-state index contributed by atoms with van der Waals surface area (Å²) in [5.41, 5.74) is 3.42. The normalized spacial score (nSPS) is 19.9. The number of terminal acetylenes is 1. The van der Waals surface area contributed by atoms with Gasteiger partial charge in [0, 0.05) is 35.9 Å². The summed E-state index contributed by atoms with van der Waals surface area (Å²) in [5.74, 6) is -4.97. The van der Waals surface area contributed by atoms with Gasteiger partial charge in [0.05, 0.1) is 12.1 Å². The van der Waals surface area contributed by atoms with Crippen molar-refractivity contribution < 1.29 is 37.5 Å². The number of hydrogen-bond acceptors (Lipinski definition) is 6. The van der Waals surface area contributed by atoms with E-state index in [2.05, 4.69) is 21.9 Å². The van der Waals surface area contributed by atoms with Crippen LogP contribution in [0.4, 0.5) is 13.6 Å². The van der Waals surface area contributed by atoms with Crippen molar-refractivity contribution in [3.05, 3.63) is 35.4 Å². The Morgan fingerprint density at radius 1 is 0.940 bits per heavy atom. The molecule has 2 fully saturated rings. The highest BCUT2D eigenvalue weighted by molar-refractivity contribution is 6.37. The number of amides is 5. The first-order valence-corrected chi connectivity index (χ1v) is 17.0. The van der Waals surface area contributed by atoms with Crippen molar-refractivity contribution in [3.63, 3.8) is 0 Å². The lowest BCUT2D eigenvalue weighted by Gasteiger charge is -2.38. The molecule has 0 bridgehead atoms. The van der Waals surface area contributed by atoms with Gasteiger partial charge < -0.3 is 26.6 Å². The third kappa shape index (κ3) is 9.67. The number of likely N-dealkylation sites (tertiary alicyclic amines) is 1. The number of hydrogen-bond donors (Lipinski definition) is 4. The summed E-state index contributed by atoms with van der Waals surface area (Å²) >= 11 is 0. The van der Waals surface area contributed by atoms with E-state index in [4.69, 9.17) is 12.2 Å². The van der Waals surface area contributed by atoms with E-state index in [-0.39, 0.29) is 30.0 Å². The van der Waals surface area contributed by atoms with Crippen LogP contribution in [0.2, 0.25) is 0 Å². The Morgan fingerprint density at radius 2 is 1.52 bits per heavy atom. The lowest BCUT2D eigenvalue weighted by atomic mass is 9.75. The zero-order valence-electron chi connectivity index (χ0n) is 30.2. The van der Waals surface area contributed by atoms with Crippen LogP contribution < -0.4 is 21.7 Å². The van der Waals surface area contributed by atoms with Crippen LogP contribution in [0.25, 0.3) is 0 Å². The number of alkyl halides is 2. The van der Waals surface area contributed by atoms with Crippen LogP contribution in [0.5, 0.6) is 0 Å². The van der Waals surface area contributed by atoms with E-state index in [1.165, 1.54) is 17.0 Å². The molecule has 11 nitrogen and oxygen atoms in total. The minimum Gasteiger partial charge on any atom is -0.363 e. The average molecular weight is 700 g/mol. The lowest BCUT2D eigenvalue weighted by Crippen LogP contribution is -2.62. The molecule has 2 aliphatic rings. The molecule has 5 N–H and O–H groups in total. The smallest absolute Gasteiger partial charge is 0.316 e. The number of Topliss-reactive ketones (excluding diaryl/α,β-unsaturated/α-hetero) is 2. The van der Waals surface area contributed by atoms with Gasteiger partial charge in [-0.2, -0.15) is 0 Å². The van der Waals surface area contributed by atoms with Crippen molar-refractivity contribution in [1.82, 2.24) is 20.9 Å². The molecule has 0 radical (unpaired) electrons. The second kappa shape index (κ2) is 15.3. The monoisotopic (exact) mass is 699 g/mol. The van der Waals surface area contributed by atoms with Gasteiger partial charge in [-0.25, -0.2) is 13.6 Å². The van der Waals surface area contributed by atoms with Crippen LogP contribution in [-0.4, -0.2) is 70.9 Å². The van der Waals surface area contributed by atoms with Crippen molar-refractivity contribution >= 4 is 35.3 Å². The highest BCUT2D eigenvalue weighted by atomic mass is 19.3. The van der Waals surface area contributed by atoms with Gasteiger partial charge in [-0.15, -0.1) is 12.3 Å². The summed E-state index contributed by atoms with van der Waals surface area (Å²) in [6, 6.07) is -0.460. The number of halogens is 2. The number of nitrogens with one attached hydrogen (secondary N) is 3. The highest BCUT2D eigenvalue weighted by Crippen LogP contribution is 2.40. The van der Waals surface area contributed by atoms with E-state index >= 15 is 0 Å². The van der Waals surface area contributed by atoms with Crippen molar-refractivity contribution in [1.29, 1.82) is 0 Å². The van der Waals surface area contributed by atoms with Crippen molar-refractivity contribution in [2.75, 3.05) is 6.54 Å². The Labute approximate surface area is 293 Å². The number of nitrogens with zero attached hydrogens (tertiary/aromatic N) is 1. The Kier molecular flexibility index (Phi) is 12.2. The fourth-order valence-electron chi connectivity index (χ4n) is 6.34. The number of urea groups is 1. The predicted molar refractivity (Wildman–Crippen MR) is 184 cm³/mol. The van der Waals surface area contributed by atoms with Crippen molar-refractivity contribution in [2.24, 2.45) is 34.3 Å². The molecule has 13 heteroatoms. The molecule has 1 aliphatic carbocycles. The van der Waals surface area contributed by atoms with Gasteiger partial charge in [0.25, 0.3) is 11.8 Å². The van der Waals surface area contributed by atoms with E-state index in [0.717, 1.165) is 31.9 Å². The minimum absolute atomic E-state index is 0.125. The molecule has 1 aromatic rings. The molecule has 1 saturated carbocycles. The van der Waals surface area contributed by atoms with Crippen LogP contribution in [-0.2, 0) is 25.1 Å². The molecule has 50 heavy (non-hydrogen) atoms. The minimum atomic E-state index is -3.09. The SMILES string of the molecule is C#CC(C)(C)[C@H]1CCN(C(=O)[C@@H](NC(=O)N[C@H](C(=O)c2ccc(C(C)(F)F)cc2)C(C)C)C(C)(C)C)[C@@H]1C(=O)NC(CC1CC1)C(=O)C(N)=O. The Hall–Kier alpha value is -4.34. The molecule has 1 aliphatic heterocycles. The Bertz CT molecular complexity index is 1520. The molecule has 3 rings (SSSR count). The second-order valence-corrected chi connectivity index (χ2v) is 15.7. The zero-order valence-corrected chi connectivity index (χ0v) is 30.2. The quantitative estimate of drug-likeness (QED) is 0.130. The first kappa shape index (κ1) is 40.1. The van der Waals surface area contributed by atoms with Gasteiger partial charge in [-0.3, -0.25) is 24.0 Å². The van der Waals surface area contributed by atoms with Crippen LogP contribution in [0.3, 0.4) is 0 Å². The fraction of sp³-hybridized carbons (Fsp3) is 0.622. The summed E-state index contributed by atoms with van der Waals surface area (Å²) in [7, 11) is 0. The number of primary amides is 1. The van der Waals surface area contributed by atoms with E-state index in [1.54, 1.807) is 48.5 Å². The molecule has 1 aromatic carbocycles. The summed E-state index contributed by atoms with van der Waals surface area (Å²) < 4.78 is 27.5. The van der Waals surface area contributed by atoms with Crippen LogP contribution in [0.1, 0.15) is 97.0 Å². The summed E-state index contributed by atoms with van der Waals surface area (Å²) in [6.45, 7) is 13.1. The number of ketones is 2. The van der Waals surface area contributed by atoms with Gasteiger partial charge in [-0.1, -0.05) is 71.7 Å². The Morgan fingerprint density at radius 3 is 1.98 bits per heavy atom. The van der Waals surface area contributed by atoms with Crippen molar-refractivity contribution in [2.45, 2.75) is 111 Å². The van der Waals surface area contributed by atoms with Gasteiger partial charge in [-0.05, 0) is 43.9 Å². The highest BCUT2D eigenvalue weighted by Gasteiger charge is 2.51. The van der Waals surface area contributed by atoms with Crippen molar-refractivity contribution in [3.8, 4) is 12.3 Å². The fourth-order valence-corrected chi connectivity index (χ4v) is 6.34. The van der Waals surface area contributed by atoms with Crippen LogP contribution in [0, 0.1) is 40.9 Å². The summed E-state index contributed by atoms with van der Waals surface area (Å²) in [6.07, 6.45) is 8.17. The lowest BCUT2D eigenvalue weighted by molar-refractivity contribution is -0.144. The van der Waals surface area contributed by atoms with Crippen LogP contribution in [0.15, 0.2) is 24.3 Å². The molecule has 274 valence electrons. The topological polar surface area (TPSA) is 168 Å². The van der Waals surface area contributed by atoms with E-state index in [9.17, 15) is 37.5 Å². The molecular formula is C37H51F2N5O6. The van der Waals surface area contributed by atoms with Gasteiger partial charge in [0.1, 0.15) is 12.1 Å². The largest absolute Gasteiger partial charge is 0.363 e. The first-order valence-electron chi connectivity index (χ1n) is 17.0. The number of nitrogens with two attached hydrogens (primary N) is 1. The average Bonchev–Trinajstić information content (AvgIpc) is 3.72. The summed E-state index contributed by atoms with van der Waals surface area (Å²) in [5, 5.41) is 8.05. The molecule has 0 aromatic heterocycles. The van der Waals surface area contributed by atoms with E-state index < -0.39 is 88.1 Å². The van der Waals surface area contributed by atoms with Gasteiger partial charge in [0.15, 0.2) is 5.78 Å². The number of carbonyl (C=O) groups excluding carboxylic acids is 6. The molecule has 1 unspecified atom stereocenters. The third-order valence-electron chi connectivity index (χ3n) is 9.69. The van der Waals surface area contributed by atoms with Gasteiger partial charge in [0.2, 0.25) is 17.6 Å². The standard InChI is InChI=1S/C37H51F2N5O6/c1-10-36(7,8)24-17-18-44(27(24)32(48)41-25(19-21-11-12-21)29(46)31(40)47)33(49)30(35(4,5)6)43-34(50)42-26(20(2)3)28(45)22-13-15-23(16-14-22)37(9,38)39/h1,13-16,20-21,24-27,30H,11-12,17-19H2,2-9H3,(H2,40,47)(H,41,48)(H2,42,43,50)/t24-,25?,26-,27-,30+/m0/s1. The molecule has 5 atom stereocenters.